The topological polar surface area (TPSA) is 87.7 Å². The Morgan fingerprint density at radius 1 is 1.09 bits per heavy atom. The molecule has 0 bridgehead atoms. The van der Waals surface area contributed by atoms with E-state index in [1.807, 2.05) is 42.7 Å². The zero-order chi connectivity index (χ0) is 24.8. The predicted molar refractivity (Wildman–Crippen MR) is 135 cm³/mol. The first kappa shape index (κ1) is 24.8. The van der Waals surface area contributed by atoms with Crippen LogP contribution in [0, 0.1) is 0 Å². The SMILES string of the molecule is CCCCc1nc(Cl)c(C=O)n1Cc1ccc(-c2ccccc2-c2nnn([C@H](C)OCC)n2)cc1. The van der Waals surface area contributed by atoms with Gasteiger partial charge in [-0.15, -0.1) is 15.0 Å². The van der Waals surface area contributed by atoms with Crippen molar-refractivity contribution in [2.24, 2.45) is 0 Å². The normalized spacial score (nSPS) is 12.1. The van der Waals surface area contributed by atoms with Gasteiger partial charge in [0.2, 0.25) is 5.82 Å². The lowest BCUT2D eigenvalue weighted by Gasteiger charge is -2.11. The van der Waals surface area contributed by atoms with Gasteiger partial charge in [-0.25, -0.2) is 4.98 Å². The fourth-order valence-electron chi connectivity index (χ4n) is 3.99. The summed E-state index contributed by atoms with van der Waals surface area (Å²) in [5.74, 6) is 1.38. The fourth-order valence-corrected chi connectivity index (χ4v) is 4.24. The highest BCUT2D eigenvalue weighted by Gasteiger charge is 2.17. The zero-order valence-electron chi connectivity index (χ0n) is 20.2. The van der Waals surface area contributed by atoms with Crippen LogP contribution < -0.4 is 0 Å². The molecule has 0 saturated heterocycles. The minimum atomic E-state index is -0.289. The summed E-state index contributed by atoms with van der Waals surface area (Å²) >= 11 is 6.23. The molecule has 4 rings (SSSR count). The Kier molecular flexibility index (Phi) is 8.05. The number of aldehydes is 1. The third-order valence-electron chi connectivity index (χ3n) is 5.84. The number of halogens is 1. The average Bonchev–Trinajstić information content (AvgIpc) is 3.48. The van der Waals surface area contributed by atoms with Crippen molar-refractivity contribution in [3.05, 3.63) is 70.8 Å². The van der Waals surface area contributed by atoms with Gasteiger partial charge < -0.3 is 9.30 Å². The number of rotatable bonds is 11. The van der Waals surface area contributed by atoms with Crippen LogP contribution in [-0.4, -0.2) is 42.7 Å². The molecule has 0 saturated carbocycles. The molecule has 0 N–H and O–H groups in total. The number of hydrogen-bond donors (Lipinski definition) is 0. The van der Waals surface area contributed by atoms with E-state index in [-0.39, 0.29) is 11.4 Å². The second-order valence-corrected chi connectivity index (χ2v) is 8.60. The van der Waals surface area contributed by atoms with E-state index in [9.17, 15) is 4.79 Å². The molecule has 0 unspecified atom stereocenters. The Morgan fingerprint density at radius 3 is 2.51 bits per heavy atom. The maximum absolute atomic E-state index is 11.6. The van der Waals surface area contributed by atoms with E-state index in [4.69, 9.17) is 16.3 Å². The number of imidazole rings is 1. The lowest BCUT2D eigenvalue weighted by molar-refractivity contribution is 0.00479. The molecule has 0 aliphatic carbocycles. The molecule has 2 aromatic heterocycles. The number of ether oxygens (including phenoxy) is 1. The zero-order valence-corrected chi connectivity index (χ0v) is 20.9. The van der Waals surface area contributed by atoms with Crippen molar-refractivity contribution in [1.29, 1.82) is 0 Å². The van der Waals surface area contributed by atoms with Gasteiger partial charge in [-0.05, 0) is 42.2 Å². The van der Waals surface area contributed by atoms with Gasteiger partial charge in [0, 0.05) is 25.1 Å². The monoisotopic (exact) mass is 492 g/mol. The van der Waals surface area contributed by atoms with Crippen LogP contribution in [0.3, 0.4) is 0 Å². The van der Waals surface area contributed by atoms with Gasteiger partial charge in [-0.3, -0.25) is 4.79 Å². The number of carbonyl (C=O) groups excluding carboxylic acids is 1. The van der Waals surface area contributed by atoms with E-state index in [0.717, 1.165) is 53.6 Å². The lowest BCUT2D eigenvalue weighted by Crippen LogP contribution is -2.12. The lowest BCUT2D eigenvalue weighted by atomic mass is 9.98. The van der Waals surface area contributed by atoms with Gasteiger partial charge in [-0.1, -0.05) is 73.5 Å². The number of benzene rings is 2. The molecule has 0 fully saturated rings. The summed E-state index contributed by atoms with van der Waals surface area (Å²) < 4.78 is 7.48. The van der Waals surface area contributed by atoms with Crippen molar-refractivity contribution >= 4 is 17.9 Å². The number of carbonyl (C=O) groups is 1. The molecule has 0 spiro atoms. The molecule has 2 aromatic carbocycles. The molecule has 35 heavy (non-hydrogen) atoms. The third kappa shape index (κ3) is 5.49. The number of nitrogens with zero attached hydrogens (tertiary/aromatic N) is 6. The number of tetrazole rings is 1. The highest BCUT2D eigenvalue weighted by Crippen LogP contribution is 2.30. The smallest absolute Gasteiger partial charge is 0.205 e. The Morgan fingerprint density at radius 2 is 1.83 bits per heavy atom. The second-order valence-electron chi connectivity index (χ2n) is 8.24. The standard InChI is InChI=1S/C26H29ClN6O2/c1-4-6-11-24-28-25(27)23(17-34)32(24)16-19-12-14-20(15-13-19)21-9-7-8-10-22(21)26-29-31-33(30-26)18(3)35-5-2/h7-10,12-15,17-18H,4-6,11,16H2,1-3H3/t18-/m0/s1. The van der Waals surface area contributed by atoms with Crippen molar-refractivity contribution in [3.8, 4) is 22.5 Å². The minimum absolute atomic E-state index is 0.260. The van der Waals surface area contributed by atoms with Gasteiger partial charge in [-0.2, -0.15) is 0 Å². The van der Waals surface area contributed by atoms with Crippen LogP contribution in [0.5, 0.6) is 0 Å². The first-order chi connectivity index (χ1) is 17.0. The van der Waals surface area contributed by atoms with Gasteiger partial charge in [0.25, 0.3) is 0 Å². The second kappa shape index (κ2) is 11.4. The summed E-state index contributed by atoms with van der Waals surface area (Å²) in [6.45, 7) is 7.04. The van der Waals surface area contributed by atoms with Gasteiger partial charge in [0.05, 0.1) is 0 Å². The summed E-state index contributed by atoms with van der Waals surface area (Å²) in [6, 6.07) is 16.2. The number of aromatic nitrogens is 6. The average molecular weight is 493 g/mol. The van der Waals surface area contributed by atoms with Crippen LogP contribution in [0.4, 0.5) is 0 Å². The summed E-state index contributed by atoms with van der Waals surface area (Å²) in [7, 11) is 0. The largest absolute Gasteiger partial charge is 0.355 e. The van der Waals surface area contributed by atoms with Crippen LogP contribution in [0.25, 0.3) is 22.5 Å². The summed E-state index contributed by atoms with van der Waals surface area (Å²) in [4.78, 5) is 17.5. The third-order valence-corrected chi connectivity index (χ3v) is 6.12. The number of aryl methyl sites for hydroxylation is 1. The summed E-state index contributed by atoms with van der Waals surface area (Å²) in [5, 5.41) is 13.2. The minimum Gasteiger partial charge on any atom is -0.355 e. The van der Waals surface area contributed by atoms with E-state index in [1.54, 1.807) is 0 Å². The Balaban J connectivity index is 1.60. The van der Waals surface area contributed by atoms with Gasteiger partial charge in [0.15, 0.2) is 17.7 Å². The van der Waals surface area contributed by atoms with Crippen molar-refractivity contribution in [3.63, 3.8) is 0 Å². The molecule has 0 aliphatic heterocycles. The van der Waals surface area contributed by atoms with Crippen molar-refractivity contribution < 1.29 is 9.53 Å². The van der Waals surface area contributed by atoms with Crippen LogP contribution in [-0.2, 0) is 17.7 Å². The Labute approximate surface area is 209 Å². The van der Waals surface area contributed by atoms with E-state index < -0.39 is 0 Å². The predicted octanol–water partition coefficient (Wildman–Crippen LogP) is 5.62. The molecule has 8 nitrogen and oxygen atoms in total. The Bertz CT molecular complexity index is 1280. The maximum Gasteiger partial charge on any atom is 0.205 e. The fraction of sp³-hybridized carbons (Fsp3) is 0.346. The van der Waals surface area contributed by atoms with E-state index in [1.165, 1.54) is 4.80 Å². The Hall–Kier alpha value is -3.36. The maximum atomic E-state index is 11.6. The van der Waals surface area contributed by atoms with E-state index in [2.05, 4.69) is 51.6 Å². The summed E-state index contributed by atoms with van der Waals surface area (Å²) in [6.07, 6.45) is 3.31. The van der Waals surface area contributed by atoms with Gasteiger partial charge in [0.1, 0.15) is 11.5 Å². The molecule has 182 valence electrons. The molecule has 0 amide bonds. The molecule has 9 heteroatoms. The molecular weight excluding hydrogens is 464 g/mol. The van der Waals surface area contributed by atoms with Crippen LogP contribution >= 0.6 is 11.6 Å². The van der Waals surface area contributed by atoms with Crippen LogP contribution in [0.1, 0.15) is 61.7 Å². The molecule has 1 atom stereocenters. The van der Waals surface area contributed by atoms with Crippen LogP contribution in [0.2, 0.25) is 5.15 Å². The molecule has 0 aliphatic rings. The highest BCUT2D eigenvalue weighted by atomic mass is 35.5. The van der Waals surface area contributed by atoms with Crippen LogP contribution in [0.15, 0.2) is 48.5 Å². The van der Waals surface area contributed by atoms with Crippen molar-refractivity contribution in [2.45, 2.75) is 52.8 Å². The molecular formula is C26H29ClN6O2. The van der Waals surface area contributed by atoms with Crippen molar-refractivity contribution in [2.75, 3.05) is 6.61 Å². The highest BCUT2D eigenvalue weighted by molar-refractivity contribution is 6.31. The number of unbranched alkanes of at least 4 members (excludes halogenated alkanes) is 1. The first-order valence-corrected chi connectivity index (χ1v) is 12.2. The molecule has 4 aromatic rings. The first-order valence-electron chi connectivity index (χ1n) is 11.9. The molecule has 2 heterocycles. The number of hydrogen-bond acceptors (Lipinski definition) is 6. The van der Waals surface area contributed by atoms with Crippen molar-refractivity contribution in [1.82, 2.24) is 29.8 Å². The summed E-state index contributed by atoms with van der Waals surface area (Å²) in [5.41, 5.74) is 4.40. The van der Waals surface area contributed by atoms with E-state index in [0.29, 0.717) is 24.7 Å². The van der Waals surface area contributed by atoms with Gasteiger partial charge >= 0.3 is 0 Å². The molecule has 0 radical (unpaired) electrons. The quantitative estimate of drug-likeness (QED) is 0.253. The van der Waals surface area contributed by atoms with E-state index >= 15 is 0 Å².